The summed E-state index contributed by atoms with van der Waals surface area (Å²) in [6.07, 6.45) is 1.82. The van der Waals surface area contributed by atoms with Gasteiger partial charge in [-0.3, -0.25) is 4.66 Å². The molecule has 0 fully saturated rings. The number of nitrogens with zero attached hydrogens (tertiary/aromatic N) is 1. The molecule has 0 unspecified atom stereocenters. The molecular weight excluding hydrogens is 210 g/mol. The normalized spacial score (nSPS) is 11.9. The second-order valence-electron chi connectivity index (χ2n) is 5.46. The van der Waals surface area contributed by atoms with E-state index in [4.69, 9.17) is 4.66 Å². The first-order valence-corrected chi connectivity index (χ1v) is 8.40. The van der Waals surface area contributed by atoms with Crippen LogP contribution in [-0.2, 0) is 0 Å². The van der Waals surface area contributed by atoms with E-state index in [9.17, 15) is 0 Å². The van der Waals surface area contributed by atoms with Crippen LogP contribution in [0.15, 0.2) is 22.9 Å². The van der Waals surface area contributed by atoms with Gasteiger partial charge < -0.3 is 0 Å². The predicted octanol–water partition coefficient (Wildman–Crippen LogP) is 4.96. The maximum absolute atomic E-state index is 4.91. The molecule has 0 saturated heterocycles. The van der Waals surface area contributed by atoms with E-state index in [1.165, 1.54) is 0 Å². The highest BCUT2D eigenvalue weighted by Gasteiger charge is 2.43. The van der Waals surface area contributed by atoms with E-state index in [-0.39, 0.29) is 0 Å². The quantitative estimate of drug-likeness (QED) is 0.364. The van der Waals surface area contributed by atoms with Gasteiger partial charge in [-0.1, -0.05) is 54.2 Å². The summed E-state index contributed by atoms with van der Waals surface area (Å²) >= 11 is 0. The minimum Gasteiger partial charge on any atom is -0.282 e. The van der Waals surface area contributed by atoms with Crippen LogP contribution in [0.25, 0.3) is 0 Å². The fourth-order valence-electron chi connectivity index (χ4n) is 2.62. The zero-order valence-corrected chi connectivity index (χ0v) is 13.0. The molecule has 0 radical (unpaired) electrons. The van der Waals surface area contributed by atoms with Crippen LogP contribution < -0.4 is 0 Å². The third kappa shape index (κ3) is 3.20. The maximum Gasteiger partial charge on any atom is 0.201 e. The van der Waals surface area contributed by atoms with E-state index < -0.39 is 8.24 Å². The molecule has 0 rings (SSSR count). The van der Waals surface area contributed by atoms with Gasteiger partial charge in [0, 0.05) is 5.57 Å². The first kappa shape index (κ1) is 15.4. The Kier molecular flexibility index (Phi) is 5.99. The molecule has 0 aliphatic rings. The lowest BCUT2D eigenvalue weighted by atomic mass is 10.3. The summed E-state index contributed by atoms with van der Waals surface area (Å²) < 4.78 is 4.91. The lowest BCUT2D eigenvalue weighted by Gasteiger charge is -2.37. The van der Waals surface area contributed by atoms with Crippen molar-refractivity contribution in [2.24, 2.45) is 4.66 Å². The van der Waals surface area contributed by atoms with Crippen LogP contribution in [0.3, 0.4) is 0 Å². The fourth-order valence-corrected chi connectivity index (χ4v) is 7.76. The molecule has 16 heavy (non-hydrogen) atoms. The Morgan fingerprint density at radius 1 is 1.06 bits per heavy atom. The summed E-state index contributed by atoms with van der Waals surface area (Å²) in [6.45, 7) is 19.6. The summed E-state index contributed by atoms with van der Waals surface area (Å²) in [5, 5.41) is 0. The van der Waals surface area contributed by atoms with Crippen molar-refractivity contribution in [3.05, 3.63) is 18.2 Å². The minimum absolute atomic E-state index is 0.651. The van der Waals surface area contributed by atoms with Crippen molar-refractivity contribution in [2.75, 3.05) is 0 Å². The van der Waals surface area contributed by atoms with Crippen LogP contribution in [0.1, 0.15) is 48.5 Å². The Morgan fingerprint density at radius 3 is 1.69 bits per heavy atom. The Labute approximate surface area is 102 Å². The summed E-state index contributed by atoms with van der Waals surface area (Å²) in [5.74, 6) is 3.20. The van der Waals surface area contributed by atoms with Crippen molar-refractivity contribution < 1.29 is 0 Å². The Bertz CT molecular complexity index is 272. The first-order chi connectivity index (χ1) is 7.28. The number of allylic oxidation sites excluding steroid dienone is 2. The lowest BCUT2D eigenvalue weighted by molar-refractivity contribution is 0.811. The summed E-state index contributed by atoms with van der Waals surface area (Å²) in [7, 11) is -1.66. The SMILES string of the molecule is C=CC(C)=C=N[Si](C(C)C)(C(C)C)C(C)C. The largest absolute Gasteiger partial charge is 0.282 e. The Morgan fingerprint density at radius 2 is 1.44 bits per heavy atom. The maximum atomic E-state index is 4.91. The third-order valence-electron chi connectivity index (χ3n) is 3.51. The second kappa shape index (κ2) is 6.22. The molecule has 0 N–H and O–H groups in total. The zero-order valence-electron chi connectivity index (χ0n) is 12.0. The molecule has 0 amide bonds. The van der Waals surface area contributed by atoms with Crippen molar-refractivity contribution in [1.29, 1.82) is 0 Å². The Hall–Kier alpha value is -0.593. The van der Waals surface area contributed by atoms with E-state index in [2.05, 4.69) is 54.0 Å². The molecule has 2 heteroatoms. The third-order valence-corrected chi connectivity index (χ3v) is 9.55. The number of hydrogen-bond acceptors (Lipinski definition) is 1. The Balaban J connectivity index is 5.56. The van der Waals surface area contributed by atoms with E-state index in [0.29, 0.717) is 16.6 Å². The van der Waals surface area contributed by atoms with Gasteiger partial charge in [-0.05, 0) is 29.4 Å². The van der Waals surface area contributed by atoms with Gasteiger partial charge >= 0.3 is 0 Å². The van der Waals surface area contributed by atoms with Gasteiger partial charge in [-0.15, -0.1) is 0 Å². The smallest absolute Gasteiger partial charge is 0.201 e. The predicted molar refractivity (Wildman–Crippen MR) is 77.9 cm³/mol. The molecular formula is C14H27NSi. The van der Waals surface area contributed by atoms with Crippen molar-refractivity contribution >= 4 is 14.1 Å². The highest BCUT2D eigenvalue weighted by Crippen LogP contribution is 2.41. The molecule has 92 valence electrons. The summed E-state index contributed by atoms with van der Waals surface area (Å²) in [5.41, 5.74) is 2.99. The standard InChI is InChI=1S/C14H27NSi/c1-9-14(8)10-15-16(11(2)3,12(4)5)13(6)7/h9,11-13H,1H2,2-8H3. The number of rotatable bonds is 5. The van der Waals surface area contributed by atoms with Gasteiger partial charge in [-0.25, -0.2) is 0 Å². The average molecular weight is 237 g/mol. The summed E-state index contributed by atoms with van der Waals surface area (Å²) in [4.78, 5) is 0. The van der Waals surface area contributed by atoms with Gasteiger partial charge in [0.15, 0.2) is 0 Å². The van der Waals surface area contributed by atoms with Crippen LogP contribution in [0.2, 0.25) is 16.6 Å². The molecule has 0 aromatic rings. The second-order valence-corrected chi connectivity index (χ2v) is 10.9. The first-order valence-electron chi connectivity index (χ1n) is 6.22. The van der Waals surface area contributed by atoms with Crippen molar-refractivity contribution in [1.82, 2.24) is 0 Å². The van der Waals surface area contributed by atoms with Gasteiger partial charge in [0.05, 0.1) is 0 Å². The van der Waals surface area contributed by atoms with Gasteiger partial charge in [0.2, 0.25) is 8.24 Å². The van der Waals surface area contributed by atoms with Crippen LogP contribution in [0, 0.1) is 0 Å². The van der Waals surface area contributed by atoms with Gasteiger partial charge in [-0.2, -0.15) is 0 Å². The van der Waals surface area contributed by atoms with Gasteiger partial charge in [0.25, 0.3) is 0 Å². The minimum atomic E-state index is -1.66. The molecule has 0 heterocycles. The van der Waals surface area contributed by atoms with E-state index in [1.807, 2.05) is 13.0 Å². The topological polar surface area (TPSA) is 12.4 Å². The molecule has 0 aromatic carbocycles. The molecule has 1 nitrogen and oxygen atoms in total. The molecule has 0 aromatic heterocycles. The van der Waals surface area contributed by atoms with Crippen molar-refractivity contribution in [3.8, 4) is 0 Å². The van der Waals surface area contributed by atoms with Crippen LogP contribution >= 0.6 is 0 Å². The molecule has 0 aliphatic carbocycles. The van der Waals surface area contributed by atoms with Crippen LogP contribution in [-0.4, -0.2) is 14.1 Å². The van der Waals surface area contributed by atoms with E-state index in [1.54, 1.807) is 0 Å². The summed E-state index contributed by atoms with van der Waals surface area (Å²) in [6, 6.07) is 0. The monoisotopic (exact) mass is 237 g/mol. The molecule has 0 aliphatic heterocycles. The van der Waals surface area contributed by atoms with E-state index in [0.717, 1.165) is 5.57 Å². The van der Waals surface area contributed by atoms with Crippen LogP contribution in [0.5, 0.6) is 0 Å². The zero-order chi connectivity index (χ0) is 12.9. The van der Waals surface area contributed by atoms with Crippen molar-refractivity contribution in [3.63, 3.8) is 0 Å². The molecule has 0 spiro atoms. The molecule has 0 bridgehead atoms. The number of hydrogen-bond donors (Lipinski definition) is 0. The van der Waals surface area contributed by atoms with Crippen LogP contribution in [0.4, 0.5) is 0 Å². The lowest BCUT2D eigenvalue weighted by Crippen LogP contribution is -2.42. The van der Waals surface area contributed by atoms with Crippen molar-refractivity contribution in [2.45, 2.75) is 65.1 Å². The molecule has 0 saturated carbocycles. The molecule has 0 atom stereocenters. The highest BCUT2D eigenvalue weighted by atomic mass is 28.3. The highest BCUT2D eigenvalue weighted by molar-refractivity contribution is 6.82. The van der Waals surface area contributed by atoms with E-state index >= 15 is 0 Å². The fraction of sp³-hybridized carbons (Fsp3) is 0.714. The average Bonchev–Trinajstić information content (AvgIpc) is 2.16. The van der Waals surface area contributed by atoms with Gasteiger partial charge in [0.1, 0.15) is 0 Å².